The molecular formula is C8H10N4. The first-order valence-electron chi connectivity index (χ1n) is 3.72. The van der Waals surface area contributed by atoms with E-state index in [1.165, 1.54) is 6.20 Å². The van der Waals surface area contributed by atoms with Gasteiger partial charge in [-0.05, 0) is 13.0 Å². The van der Waals surface area contributed by atoms with E-state index in [1.54, 1.807) is 6.07 Å². The van der Waals surface area contributed by atoms with E-state index >= 15 is 0 Å². The van der Waals surface area contributed by atoms with E-state index < -0.39 is 0 Å². The molecule has 0 saturated carbocycles. The van der Waals surface area contributed by atoms with Crippen molar-refractivity contribution in [2.24, 2.45) is 0 Å². The second-order valence-corrected chi connectivity index (χ2v) is 2.39. The van der Waals surface area contributed by atoms with Gasteiger partial charge >= 0.3 is 0 Å². The minimum Gasteiger partial charge on any atom is -0.357 e. The summed E-state index contributed by atoms with van der Waals surface area (Å²) in [6.45, 7) is 2.81. The fourth-order valence-corrected chi connectivity index (χ4v) is 0.843. The van der Waals surface area contributed by atoms with Crippen LogP contribution in [0.4, 0.5) is 5.82 Å². The smallest absolute Gasteiger partial charge is 0.168 e. The molecular weight excluding hydrogens is 152 g/mol. The first-order valence-corrected chi connectivity index (χ1v) is 3.72. The summed E-state index contributed by atoms with van der Waals surface area (Å²) in [5.74, 6) is 0.641. The molecule has 0 radical (unpaired) electrons. The average molecular weight is 162 g/mol. The van der Waals surface area contributed by atoms with E-state index in [1.807, 2.05) is 18.9 Å². The van der Waals surface area contributed by atoms with E-state index in [0.29, 0.717) is 11.4 Å². The van der Waals surface area contributed by atoms with Crippen LogP contribution in [0.1, 0.15) is 12.5 Å². The van der Waals surface area contributed by atoms with Gasteiger partial charge in [0.05, 0.1) is 11.8 Å². The third-order valence-electron chi connectivity index (χ3n) is 1.66. The van der Waals surface area contributed by atoms with Crippen LogP contribution >= 0.6 is 0 Å². The van der Waals surface area contributed by atoms with Gasteiger partial charge < -0.3 is 4.90 Å². The third kappa shape index (κ3) is 1.51. The number of aromatic nitrogens is 2. The molecule has 62 valence electrons. The highest BCUT2D eigenvalue weighted by atomic mass is 15.2. The molecule has 4 heteroatoms. The van der Waals surface area contributed by atoms with Crippen molar-refractivity contribution in [2.75, 3.05) is 18.5 Å². The number of hydrogen-bond acceptors (Lipinski definition) is 4. The lowest BCUT2D eigenvalue weighted by Gasteiger charge is -2.14. The molecule has 0 aliphatic rings. The van der Waals surface area contributed by atoms with Crippen molar-refractivity contribution in [1.29, 1.82) is 5.26 Å². The van der Waals surface area contributed by atoms with Gasteiger partial charge in [-0.2, -0.15) is 10.4 Å². The largest absolute Gasteiger partial charge is 0.357 e. The van der Waals surface area contributed by atoms with Gasteiger partial charge in [-0.1, -0.05) is 0 Å². The molecule has 12 heavy (non-hydrogen) atoms. The maximum Gasteiger partial charge on any atom is 0.168 e. The zero-order chi connectivity index (χ0) is 8.97. The van der Waals surface area contributed by atoms with Gasteiger partial charge in [0.1, 0.15) is 6.07 Å². The van der Waals surface area contributed by atoms with Crippen LogP contribution in [0.15, 0.2) is 12.3 Å². The predicted molar refractivity (Wildman–Crippen MR) is 45.7 cm³/mol. The number of rotatable bonds is 2. The standard InChI is InChI=1S/C8H10N4/c1-3-12(2)8-7(6-9)4-5-10-11-8/h4-5H,3H2,1-2H3. The minimum absolute atomic E-state index is 0.564. The molecule has 1 aromatic rings. The molecule has 0 amide bonds. The van der Waals surface area contributed by atoms with Crippen molar-refractivity contribution in [2.45, 2.75) is 6.92 Å². The summed E-state index contributed by atoms with van der Waals surface area (Å²) in [6, 6.07) is 3.73. The van der Waals surface area contributed by atoms with Crippen molar-refractivity contribution < 1.29 is 0 Å². The molecule has 0 fully saturated rings. The molecule has 0 spiro atoms. The number of anilines is 1. The van der Waals surface area contributed by atoms with Crippen LogP contribution < -0.4 is 4.90 Å². The van der Waals surface area contributed by atoms with E-state index in [2.05, 4.69) is 16.3 Å². The summed E-state index contributed by atoms with van der Waals surface area (Å²) in [6.07, 6.45) is 1.52. The molecule has 0 aromatic carbocycles. The number of nitrogens with zero attached hydrogens (tertiary/aromatic N) is 4. The average Bonchev–Trinajstić information content (AvgIpc) is 2.16. The zero-order valence-corrected chi connectivity index (χ0v) is 7.15. The van der Waals surface area contributed by atoms with Crippen LogP contribution in [-0.4, -0.2) is 23.8 Å². The summed E-state index contributed by atoms with van der Waals surface area (Å²) < 4.78 is 0. The molecule has 0 saturated heterocycles. The lowest BCUT2D eigenvalue weighted by Crippen LogP contribution is -2.18. The van der Waals surface area contributed by atoms with Gasteiger partial charge in [0.15, 0.2) is 5.82 Å². The Morgan fingerprint density at radius 1 is 1.67 bits per heavy atom. The summed E-state index contributed by atoms with van der Waals surface area (Å²) in [5.41, 5.74) is 0.564. The molecule has 4 nitrogen and oxygen atoms in total. The Hall–Kier alpha value is -1.63. The minimum atomic E-state index is 0.564. The Morgan fingerprint density at radius 3 is 3.00 bits per heavy atom. The first kappa shape index (κ1) is 8.47. The number of nitriles is 1. The van der Waals surface area contributed by atoms with E-state index in [0.717, 1.165) is 6.54 Å². The summed E-state index contributed by atoms with van der Waals surface area (Å²) in [5, 5.41) is 16.3. The molecule has 1 heterocycles. The Kier molecular flexibility index (Phi) is 2.59. The van der Waals surface area contributed by atoms with Gasteiger partial charge in [-0.25, -0.2) is 0 Å². The van der Waals surface area contributed by atoms with Crippen molar-refractivity contribution in [1.82, 2.24) is 10.2 Å². The van der Waals surface area contributed by atoms with Crippen molar-refractivity contribution in [3.8, 4) is 6.07 Å². The van der Waals surface area contributed by atoms with Gasteiger partial charge in [0.25, 0.3) is 0 Å². The van der Waals surface area contributed by atoms with Crippen molar-refractivity contribution in [3.05, 3.63) is 17.8 Å². The van der Waals surface area contributed by atoms with E-state index in [9.17, 15) is 0 Å². The van der Waals surface area contributed by atoms with E-state index in [-0.39, 0.29) is 0 Å². The van der Waals surface area contributed by atoms with Gasteiger partial charge in [0, 0.05) is 13.6 Å². The topological polar surface area (TPSA) is 52.8 Å². The molecule has 1 aromatic heterocycles. The lowest BCUT2D eigenvalue weighted by molar-refractivity contribution is 0.892. The van der Waals surface area contributed by atoms with Crippen molar-refractivity contribution >= 4 is 5.82 Å². The Bertz CT molecular complexity index is 302. The monoisotopic (exact) mass is 162 g/mol. The molecule has 0 bridgehead atoms. The van der Waals surface area contributed by atoms with Crippen LogP contribution in [0.2, 0.25) is 0 Å². The Balaban J connectivity index is 3.07. The van der Waals surface area contributed by atoms with Crippen LogP contribution in [0.3, 0.4) is 0 Å². The summed E-state index contributed by atoms with van der Waals surface area (Å²) >= 11 is 0. The Morgan fingerprint density at radius 2 is 2.42 bits per heavy atom. The maximum atomic E-state index is 8.72. The lowest BCUT2D eigenvalue weighted by atomic mass is 10.3. The van der Waals surface area contributed by atoms with Gasteiger partial charge in [0.2, 0.25) is 0 Å². The molecule has 1 rings (SSSR count). The third-order valence-corrected chi connectivity index (χ3v) is 1.66. The second kappa shape index (κ2) is 3.67. The highest BCUT2D eigenvalue weighted by molar-refractivity contribution is 5.51. The Labute approximate surface area is 71.5 Å². The van der Waals surface area contributed by atoms with Crippen LogP contribution in [0.5, 0.6) is 0 Å². The molecule has 0 N–H and O–H groups in total. The quantitative estimate of drug-likeness (QED) is 0.645. The molecule has 0 atom stereocenters. The van der Waals surface area contributed by atoms with Crippen LogP contribution in [-0.2, 0) is 0 Å². The predicted octanol–water partition coefficient (Wildman–Crippen LogP) is 0.804. The highest BCUT2D eigenvalue weighted by Crippen LogP contribution is 2.11. The van der Waals surface area contributed by atoms with Crippen LogP contribution in [0.25, 0.3) is 0 Å². The summed E-state index contributed by atoms with van der Waals surface area (Å²) in [7, 11) is 1.88. The summed E-state index contributed by atoms with van der Waals surface area (Å²) in [4.78, 5) is 1.88. The number of hydrogen-bond donors (Lipinski definition) is 0. The van der Waals surface area contributed by atoms with Crippen LogP contribution in [0, 0.1) is 11.3 Å². The zero-order valence-electron chi connectivity index (χ0n) is 7.15. The molecule has 0 aliphatic carbocycles. The maximum absolute atomic E-state index is 8.72. The second-order valence-electron chi connectivity index (χ2n) is 2.39. The highest BCUT2D eigenvalue weighted by Gasteiger charge is 2.05. The molecule has 0 aliphatic heterocycles. The normalized spacial score (nSPS) is 9.08. The van der Waals surface area contributed by atoms with Crippen molar-refractivity contribution in [3.63, 3.8) is 0 Å². The van der Waals surface area contributed by atoms with Gasteiger partial charge in [-0.3, -0.25) is 0 Å². The van der Waals surface area contributed by atoms with Gasteiger partial charge in [-0.15, -0.1) is 5.10 Å². The first-order chi connectivity index (χ1) is 5.79. The van der Waals surface area contributed by atoms with E-state index in [4.69, 9.17) is 5.26 Å². The fraction of sp³-hybridized carbons (Fsp3) is 0.375. The molecule has 0 unspecified atom stereocenters. The fourth-order valence-electron chi connectivity index (χ4n) is 0.843. The SMILES string of the molecule is CCN(C)c1nnccc1C#N.